The zero-order chi connectivity index (χ0) is 8.39. The molecule has 0 saturated carbocycles. The third-order valence-electron chi connectivity index (χ3n) is 1.74. The molecule has 2 aromatic rings. The molecule has 0 spiro atoms. The van der Waals surface area contributed by atoms with E-state index in [4.69, 9.17) is 4.74 Å². The molecule has 1 nitrogen and oxygen atoms in total. The Morgan fingerprint density at radius 1 is 1.33 bits per heavy atom. The summed E-state index contributed by atoms with van der Waals surface area (Å²) in [7, 11) is 0. The quantitative estimate of drug-likeness (QED) is 0.763. The van der Waals surface area contributed by atoms with E-state index >= 15 is 0 Å². The van der Waals surface area contributed by atoms with Crippen molar-refractivity contribution < 1.29 is 4.74 Å². The predicted octanol–water partition coefficient (Wildman–Crippen LogP) is 2.30. The van der Waals surface area contributed by atoms with Crippen molar-refractivity contribution in [2.24, 2.45) is 0 Å². The molecule has 1 heterocycles. The first-order chi connectivity index (χ1) is 5.90. The Hall–Kier alpha value is -0.450. The van der Waals surface area contributed by atoms with Gasteiger partial charge in [0, 0.05) is 0 Å². The van der Waals surface area contributed by atoms with Crippen LogP contribution in [-0.4, -0.2) is 27.0 Å². The second-order valence-corrected chi connectivity index (χ2v) is 5.26. The Bertz CT molecular complexity index is 378. The summed E-state index contributed by atoms with van der Waals surface area (Å²) in [4.78, 5) is 0. The normalized spacial score (nSPS) is 10.4. The molecule has 0 amide bonds. The van der Waals surface area contributed by atoms with E-state index in [1.54, 1.807) is 0 Å². The molecule has 2 rings (SSSR count). The van der Waals surface area contributed by atoms with Crippen molar-refractivity contribution in [1.29, 1.82) is 0 Å². The molecular formula is C10H10OTe. The first kappa shape index (κ1) is 8.16. The molecule has 62 valence electrons. The Balaban J connectivity index is 2.46. The molecule has 0 aliphatic rings. The molecule has 0 unspecified atom stereocenters. The van der Waals surface area contributed by atoms with Gasteiger partial charge in [-0.3, -0.25) is 0 Å². The maximum atomic E-state index is 5.42. The van der Waals surface area contributed by atoms with Crippen LogP contribution >= 0.6 is 0 Å². The molecule has 0 fully saturated rings. The molecule has 0 aliphatic carbocycles. The standard InChI is InChI=1S/C10H10OTe/c1-2-11-9-4-3-8-5-6-12-10(8)7-9/h3-7H,2H2,1H3. The van der Waals surface area contributed by atoms with E-state index in [1.807, 2.05) is 13.0 Å². The summed E-state index contributed by atoms with van der Waals surface area (Å²) in [5.41, 5.74) is 0. The van der Waals surface area contributed by atoms with Gasteiger partial charge in [-0.05, 0) is 0 Å². The van der Waals surface area contributed by atoms with Crippen LogP contribution in [0.5, 0.6) is 5.75 Å². The van der Waals surface area contributed by atoms with Gasteiger partial charge in [-0.15, -0.1) is 0 Å². The number of rotatable bonds is 2. The molecule has 1 aromatic heterocycles. The van der Waals surface area contributed by atoms with Crippen LogP contribution in [0.25, 0.3) is 8.79 Å². The minimum atomic E-state index is -0.0332. The predicted molar refractivity (Wildman–Crippen MR) is 52.1 cm³/mol. The number of benzene rings is 1. The third kappa shape index (κ3) is 1.50. The summed E-state index contributed by atoms with van der Waals surface area (Å²) < 4.78 is 9.24. The van der Waals surface area contributed by atoms with Crippen LogP contribution in [0.15, 0.2) is 28.3 Å². The maximum absolute atomic E-state index is 5.42. The van der Waals surface area contributed by atoms with Crippen LogP contribution in [-0.2, 0) is 0 Å². The molecule has 0 saturated heterocycles. The molecule has 0 atom stereocenters. The van der Waals surface area contributed by atoms with Gasteiger partial charge < -0.3 is 0 Å². The van der Waals surface area contributed by atoms with Crippen molar-refractivity contribution in [3.05, 3.63) is 28.3 Å². The molecule has 2 heteroatoms. The van der Waals surface area contributed by atoms with Gasteiger partial charge in [0.15, 0.2) is 0 Å². The fourth-order valence-electron chi connectivity index (χ4n) is 1.19. The summed E-state index contributed by atoms with van der Waals surface area (Å²) in [6, 6.07) is 8.59. The molecule has 0 radical (unpaired) electrons. The average molecular weight is 274 g/mol. The Morgan fingerprint density at radius 2 is 2.25 bits per heavy atom. The summed E-state index contributed by atoms with van der Waals surface area (Å²) in [6.45, 7) is 2.77. The van der Waals surface area contributed by atoms with Crippen molar-refractivity contribution in [3.63, 3.8) is 0 Å². The van der Waals surface area contributed by atoms with E-state index < -0.39 is 0 Å². The van der Waals surface area contributed by atoms with Crippen LogP contribution < -0.4 is 4.74 Å². The van der Waals surface area contributed by atoms with Gasteiger partial charge >= 0.3 is 81.6 Å². The van der Waals surface area contributed by atoms with E-state index in [2.05, 4.69) is 22.3 Å². The van der Waals surface area contributed by atoms with Gasteiger partial charge in [-0.25, -0.2) is 0 Å². The van der Waals surface area contributed by atoms with Crippen LogP contribution in [0, 0.1) is 0 Å². The monoisotopic (exact) mass is 276 g/mol. The zero-order valence-electron chi connectivity index (χ0n) is 6.91. The molecule has 0 N–H and O–H groups in total. The van der Waals surface area contributed by atoms with Crippen LogP contribution in [0.3, 0.4) is 0 Å². The van der Waals surface area contributed by atoms with Crippen molar-refractivity contribution in [2.45, 2.75) is 6.92 Å². The van der Waals surface area contributed by atoms with Crippen LogP contribution in [0.1, 0.15) is 6.92 Å². The van der Waals surface area contributed by atoms with Crippen LogP contribution in [0.2, 0.25) is 0 Å². The Morgan fingerprint density at radius 3 is 3.08 bits per heavy atom. The fourth-order valence-corrected chi connectivity index (χ4v) is 3.53. The van der Waals surface area contributed by atoms with E-state index in [-0.39, 0.29) is 20.4 Å². The van der Waals surface area contributed by atoms with Crippen molar-refractivity contribution in [1.82, 2.24) is 0 Å². The number of ether oxygens (including phenoxy) is 1. The Labute approximate surface area is 81.6 Å². The van der Waals surface area contributed by atoms with Gasteiger partial charge in [0.1, 0.15) is 0 Å². The first-order valence-corrected chi connectivity index (χ1v) is 6.51. The summed E-state index contributed by atoms with van der Waals surface area (Å²) >= 11 is -0.0332. The minimum absolute atomic E-state index is 0.0332. The number of hydrogen-bond donors (Lipinski definition) is 0. The van der Waals surface area contributed by atoms with Gasteiger partial charge in [0.25, 0.3) is 0 Å². The molecule has 0 aliphatic heterocycles. The number of hydrogen-bond acceptors (Lipinski definition) is 1. The molecule has 12 heavy (non-hydrogen) atoms. The average Bonchev–Trinajstić information content (AvgIpc) is 2.51. The van der Waals surface area contributed by atoms with Crippen molar-refractivity contribution in [2.75, 3.05) is 6.61 Å². The zero-order valence-corrected chi connectivity index (χ0v) is 9.24. The van der Waals surface area contributed by atoms with E-state index in [1.165, 1.54) is 8.79 Å². The molecule has 0 bridgehead atoms. The van der Waals surface area contributed by atoms with E-state index in [0.717, 1.165) is 12.4 Å². The van der Waals surface area contributed by atoms with Crippen molar-refractivity contribution in [3.8, 4) is 5.75 Å². The first-order valence-electron chi connectivity index (χ1n) is 4.00. The van der Waals surface area contributed by atoms with Gasteiger partial charge in [-0.1, -0.05) is 0 Å². The second-order valence-electron chi connectivity index (χ2n) is 2.55. The van der Waals surface area contributed by atoms with Crippen LogP contribution in [0.4, 0.5) is 0 Å². The summed E-state index contributed by atoms with van der Waals surface area (Å²) in [5, 5.41) is 1.39. The van der Waals surface area contributed by atoms with E-state index in [9.17, 15) is 0 Å². The fraction of sp³-hybridized carbons (Fsp3) is 0.200. The number of fused-ring (bicyclic) bond motifs is 1. The molecule has 1 aromatic carbocycles. The summed E-state index contributed by atoms with van der Waals surface area (Å²) in [6.07, 6.45) is 0. The van der Waals surface area contributed by atoms with Crippen molar-refractivity contribution >= 4 is 29.2 Å². The van der Waals surface area contributed by atoms with E-state index in [0.29, 0.717) is 0 Å². The molecular weight excluding hydrogens is 264 g/mol. The SMILES string of the molecule is CCOc1ccc2cc[te]c2c1. The topological polar surface area (TPSA) is 9.23 Å². The Kier molecular flexibility index (Phi) is 2.39. The van der Waals surface area contributed by atoms with Gasteiger partial charge in [0.2, 0.25) is 0 Å². The van der Waals surface area contributed by atoms with Gasteiger partial charge in [0.05, 0.1) is 0 Å². The second kappa shape index (κ2) is 3.51. The van der Waals surface area contributed by atoms with Gasteiger partial charge in [-0.2, -0.15) is 0 Å². The third-order valence-corrected chi connectivity index (χ3v) is 4.25. The summed E-state index contributed by atoms with van der Waals surface area (Å²) in [5.74, 6) is 1.02.